The largest absolute Gasteiger partial charge is 0.468 e. The second kappa shape index (κ2) is 8.15. The molecule has 110 valence electrons. The molecule has 0 aromatic carbocycles. The average Bonchev–Trinajstić information content (AvgIpc) is 2.40. The Morgan fingerprint density at radius 1 is 1.26 bits per heavy atom. The molecule has 1 aliphatic rings. The predicted molar refractivity (Wildman–Crippen MR) is 73.7 cm³/mol. The van der Waals surface area contributed by atoms with E-state index in [1.807, 2.05) is 6.92 Å². The summed E-state index contributed by atoms with van der Waals surface area (Å²) < 4.78 is 4.62. The van der Waals surface area contributed by atoms with Gasteiger partial charge in [0.2, 0.25) is 5.91 Å². The normalized spacial score (nSPS) is 23.2. The molecule has 0 aromatic rings. The lowest BCUT2D eigenvalue weighted by molar-refractivity contribution is -0.142. The molecule has 1 amide bonds. The summed E-state index contributed by atoms with van der Waals surface area (Å²) in [6, 6.07) is 0.290. The van der Waals surface area contributed by atoms with Gasteiger partial charge in [0.1, 0.15) is 0 Å². The molecule has 5 nitrogen and oxygen atoms in total. The molecule has 1 N–H and O–H groups in total. The van der Waals surface area contributed by atoms with Gasteiger partial charge >= 0.3 is 5.97 Å². The van der Waals surface area contributed by atoms with Crippen LogP contribution in [0.4, 0.5) is 0 Å². The van der Waals surface area contributed by atoms with Gasteiger partial charge in [-0.1, -0.05) is 26.7 Å². The van der Waals surface area contributed by atoms with Crippen molar-refractivity contribution in [3.05, 3.63) is 0 Å². The monoisotopic (exact) mass is 270 g/mol. The standard InChI is InChI=1S/C14H26N2O3/c1-4-16(10-14(18)19-3)9-13(17)15-12-8-6-5-7-11(12)2/h11-12H,4-10H2,1-3H3,(H,15,17). The van der Waals surface area contributed by atoms with Crippen LogP contribution in [0.1, 0.15) is 39.5 Å². The molecule has 0 bridgehead atoms. The topological polar surface area (TPSA) is 58.6 Å². The summed E-state index contributed by atoms with van der Waals surface area (Å²) in [5.41, 5.74) is 0. The Bertz CT molecular complexity index is 307. The molecule has 0 heterocycles. The molecule has 1 rings (SSSR count). The lowest BCUT2D eigenvalue weighted by Crippen LogP contribution is -2.46. The van der Waals surface area contributed by atoms with Gasteiger partial charge in [-0.25, -0.2) is 0 Å². The summed E-state index contributed by atoms with van der Waals surface area (Å²) in [7, 11) is 1.36. The van der Waals surface area contributed by atoms with E-state index in [0.717, 1.165) is 6.42 Å². The van der Waals surface area contributed by atoms with Gasteiger partial charge in [0.05, 0.1) is 20.2 Å². The van der Waals surface area contributed by atoms with Crippen LogP contribution < -0.4 is 5.32 Å². The molecule has 0 aliphatic heterocycles. The van der Waals surface area contributed by atoms with Crippen LogP contribution in [0.2, 0.25) is 0 Å². The van der Waals surface area contributed by atoms with E-state index in [9.17, 15) is 9.59 Å². The Hall–Kier alpha value is -1.10. The van der Waals surface area contributed by atoms with E-state index in [1.165, 1.54) is 26.4 Å². The zero-order chi connectivity index (χ0) is 14.3. The summed E-state index contributed by atoms with van der Waals surface area (Å²) in [4.78, 5) is 25.0. The number of rotatable bonds is 6. The molecule has 1 aliphatic carbocycles. The number of nitrogens with one attached hydrogen (secondary N) is 1. The fraction of sp³-hybridized carbons (Fsp3) is 0.857. The molecule has 19 heavy (non-hydrogen) atoms. The van der Waals surface area contributed by atoms with E-state index in [0.29, 0.717) is 12.5 Å². The summed E-state index contributed by atoms with van der Waals surface area (Å²) in [6.07, 6.45) is 4.70. The molecule has 1 saturated carbocycles. The third kappa shape index (κ3) is 5.59. The van der Waals surface area contributed by atoms with Gasteiger partial charge in [-0.3, -0.25) is 14.5 Å². The number of carbonyl (C=O) groups excluding carboxylic acids is 2. The van der Waals surface area contributed by atoms with Crippen molar-refractivity contribution in [3.8, 4) is 0 Å². The van der Waals surface area contributed by atoms with Gasteiger partial charge in [0, 0.05) is 6.04 Å². The molecular formula is C14H26N2O3. The number of hydrogen-bond donors (Lipinski definition) is 1. The number of likely N-dealkylation sites (N-methyl/N-ethyl adjacent to an activating group) is 1. The molecule has 1 fully saturated rings. The Labute approximate surface area is 115 Å². The molecular weight excluding hydrogens is 244 g/mol. The number of amides is 1. The minimum Gasteiger partial charge on any atom is -0.468 e. The van der Waals surface area contributed by atoms with Gasteiger partial charge in [-0.05, 0) is 25.3 Å². The van der Waals surface area contributed by atoms with E-state index < -0.39 is 0 Å². The number of carbonyl (C=O) groups is 2. The van der Waals surface area contributed by atoms with Crippen LogP contribution in [0.25, 0.3) is 0 Å². The number of nitrogens with zero attached hydrogens (tertiary/aromatic N) is 1. The first kappa shape index (κ1) is 16.0. The number of esters is 1. The van der Waals surface area contributed by atoms with Crippen molar-refractivity contribution in [2.24, 2.45) is 5.92 Å². The molecule has 0 saturated heterocycles. The Kier molecular flexibility index (Phi) is 6.84. The van der Waals surface area contributed by atoms with Gasteiger partial charge in [0.25, 0.3) is 0 Å². The molecule has 2 atom stereocenters. The SMILES string of the molecule is CCN(CC(=O)NC1CCCCC1C)CC(=O)OC. The first-order valence-electron chi connectivity index (χ1n) is 7.15. The zero-order valence-corrected chi connectivity index (χ0v) is 12.3. The summed E-state index contributed by atoms with van der Waals surface area (Å²) in [5, 5.41) is 3.09. The Balaban J connectivity index is 2.37. The van der Waals surface area contributed by atoms with Crippen LogP contribution in [0.3, 0.4) is 0 Å². The molecule has 0 aromatic heterocycles. The number of ether oxygens (including phenoxy) is 1. The lowest BCUT2D eigenvalue weighted by Gasteiger charge is -2.30. The second-order valence-corrected chi connectivity index (χ2v) is 5.32. The van der Waals surface area contributed by atoms with E-state index >= 15 is 0 Å². The predicted octanol–water partition coefficient (Wildman–Crippen LogP) is 1.18. The smallest absolute Gasteiger partial charge is 0.319 e. The van der Waals surface area contributed by atoms with E-state index in [2.05, 4.69) is 17.0 Å². The molecule has 5 heteroatoms. The second-order valence-electron chi connectivity index (χ2n) is 5.32. The van der Waals surface area contributed by atoms with Crippen LogP contribution >= 0.6 is 0 Å². The maximum atomic E-state index is 12.0. The fourth-order valence-electron chi connectivity index (χ4n) is 2.51. The maximum Gasteiger partial charge on any atom is 0.319 e. The van der Waals surface area contributed by atoms with Crippen LogP contribution in [0.15, 0.2) is 0 Å². The lowest BCUT2D eigenvalue weighted by atomic mass is 9.86. The van der Waals surface area contributed by atoms with Crippen LogP contribution in [0, 0.1) is 5.92 Å². The Morgan fingerprint density at radius 2 is 1.95 bits per heavy atom. The van der Waals surface area contributed by atoms with Crippen molar-refractivity contribution in [3.63, 3.8) is 0 Å². The quantitative estimate of drug-likeness (QED) is 0.736. The number of hydrogen-bond acceptors (Lipinski definition) is 4. The highest BCUT2D eigenvalue weighted by Gasteiger charge is 2.23. The van der Waals surface area contributed by atoms with Crippen molar-refractivity contribution in [1.82, 2.24) is 10.2 Å². The third-order valence-electron chi connectivity index (χ3n) is 3.85. The summed E-state index contributed by atoms with van der Waals surface area (Å²) >= 11 is 0. The van der Waals surface area contributed by atoms with Crippen molar-refractivity contribution < 1.29 is 14.3 Å². The van der Waals surface area contributed by atoms with E-state index in [4.69, 9.17) is 0 Å². The molecule has 0 spiro atoms. The van der Waals surface area contributed by atoms with Crippen LogP contribution in [-0.2, 0) is 14.3 Å². The van der Waals surface area contributed by atoms with E-state index in [-0.39, 0.29) is 31.0 Å². The first-order chi connectivity index (χ1) is 9.06. The van der Waals surface area contributed by atoms with Crippen LogP contribution in [-0.4, -0.2) is 49.6 Å². The highest BCUT2D eigenvalue weighted by atomic mass is 16.5. The van der Waals surface area contributed by atoms with Gasteiger partial charge in [-0.2, -0.15) is 0 Å². The fourth-order valence-corrected chi connectivity index (χ4v) is 2.51. The maximum absolute atomic E-state index is 12.0. The van der Waals surface area contributed by atoms with Crippen molar-refractivity contribution >= 4 is 11.9 Å². The average molecular weight is 270 g/mol. The zero-order valence-electron chi connectivity index (χ0n) is 12.3. The van der Waals surface area contributed by atoms with Crippen molar-refractivity contribution in [2.75, 3.05) is 26.7 Å². The Morgan fingerprint density at radius 3 is 2.53 bits per heavy atom. The van der Waals surface area contributed by atoms with Gasteiger partial charge < -0.3 is 10.1 Å². The number of methoxy groups -OCH3 is 1. The molecule has 2 unspecified atom stereocenters. The highest BCUT2D eigenvalue weighted by Crippen LogP contribution is 2.23. The van der Waals surface area contributed by atoms with Gasteiger partial charge in [-0.15, -0.1) is 0 Å². The third-order valence-corrected chi connectivity index (χ3v) is 3.85. The van der Waals surface area contributed by atoms with E-state index in [1.54, 1.807) is 4.90 Å². The highest BCUT2D eigenvalue weighted by molar-refractivity contribution is 5.79. The summed E-state index contributed by atoms with van der Waals surface area (Å²) in [5.74, 6) is 0.249. The summed E-state index contributed by atoms with van der Waals surface area (Å²) in [6.45, 7) is 5.20. The van der Waals surface area contributed by atoms with Crippen LogP contribution in [0.5, 0.6) is 0 Å². The van der Waals surface area contributed by atoms with Crippen molar-refractivity contribution in [2.45, 2.75) is 45.6 Å². The minimum absolute atomic E-state index is 0.00417. The molecule has 0 radical (unpaired) electrons. The van der Waals surface area contributed by atoms with Gasteiger partial charge in [0.15, 0.2) is 0 Å². The minimum atomic E-state index is -0.305. The van der Waals surface area contributed by atoms with Crippen molar-refractivity contribution in [1.29, 1.82) is 0 Å². The first-order valence-corrected chi connectivity index (χ1v) is 7.15.